The molecule has 0 aliphatic rings. The number of hydrogen-bond acceptors (Lipinski definition) is 4. The van der Waals surface area contributed by atoms with E-state index in [9.17, 15) is 4.79 Å². The molecule has 0 radical (unpaired) electrons. The lowest BCUT2D eigenvalue weighted by Gasteiger charge is -2.11. The second kappa shape index (κ2) is 7.08. The summed E-state index contributed by atoms with van der Waals surface area (Å²) in [5, 5.41) is 6.96. The fourth-order valence-electron chi connectivity index (χ4n) is 2.25. The van der Waals surface area contributed by atoms with Crippen LogP contribution in [-0.2, 0) is 0 Å². The molecule has 1 N–H and O–H groups in total. The van der Waals surface area contributed by atoms with E-state index in [1.165, 1.54) is 0 Å². The first kappa shape index (κ1) is 15.9. The normalized spacial score (nSPS) is 11.9. The van der Waals surface area contributed by atoms with Gasteiger partial charge in [0, 0.05) is 22.7 Å². The van der Waals surface area contributed by atoms with E-state index in [-0.39, 0.29) is 11.9 Å². The van der Waals surface area contributed by atoms with E-state index < -0.39 is 0 Å². The molecular weight excluding hydrogens is 302 g/mol. The fraction of sp³-hybridized carbons (Fsp3) is 0.211. The molecule has 0 spiro atoms. The molecule has 1 atom stereocenters. The average Bonchev–Trinajstić information content (AvgIpc) is 3.12. The summed E-state index contributed by atoms with van der Waals surface area (Å²) in [5.41, 5.74) is 2.19. The average molecular weight is 321 g/mol. The molecule has 0 unspecified atom stereocenters. The van der Waals surface area contributed by atoms with Crippen LogP contribution in [0, 0.1) is 0 Å². The maximum Gasteiger partial charge on any atom is 0.258 e. The first-order valence-electron chi connectivity index (χ1n) is 7.98. The predicted molar refractivity (Wildman–Crippen MR) is 92.4 cm³/mol. The molecule has 1 heterocycles. The van der Waals surface area contributed by atoms with Crippen molar-refractivity contribution in [3.05, 3.63) is 60.2 Å². The molecule has 5 heteroatoms. The smallest absolute Gasteiger partial charge is 0.258 e. The van der Waals surface area contributed by atoms with Crippen LogP contribution in [0.5, 0.6) is 0 Å². The largest absolute Gasteiger partial charge is 0.350 e. The quantitative estimate of drug-likeness (QED) is 0.773. The highest BCUT2D eigenvalue weighted by Crippen LogP contribution is 2.22. The highest BCUT2D eigenvalue weighted by molar-refractivity contribution is 5.95. The van der Waals surface area contributed by atoms with Crippen LogP contribution in [0.2, 0.25) is 0 Å². The van der Waals surface area contributed by atoms with Crippen molar-refractivity contribution in [3.63, 3.8) is 0 Å². The fourth-order valence-corrected chi connectivity index (χ4v) is 2.25. The van der Waals surface area contributed by atoms with Crippen LogP contribution in [0.25, 0.3) is 22.8 Å². The summed E-state index contributed by atoms with van der Waals surface area (Å²) in [6, 6.07) is 17.0. The van der Waals surface area contributed by atoms with Gasteiger partial charge in [-0.05, 0) is 31.5 Å². The SMILES string of the molecule is CC[C@@H](C)NC(=O)c1cccc(-c2nc(-c3ccccc3)no2)c1. The lowest BCUT2D eigenvalue weighted by molar-refractivity contribution is 0.0939. The van der Waals surface area contributed by atoms with E-state index in [1.54, 1.807) is 12.1 Å². The lowest BCUT2D eigenvalue weighted by Crippen LogP contribution is -2.31. The Labute approximate surface area is 140 Å². The highest BCUT2D eigenvalue weighted by Gasteiger charge is 2.13. The molecule has 2 aromatic carbocycles. The molecule has 0 saturated heterocycles. The third kappa shape index (κ3) is 3.51. The van der Waals surface area contributed by atoms with Crippen LogP contribution in [-0.4, -0.2) is 22.1 Å². The van der Waals surface area contributed by atoms with Gasteiger partial charge >= 0.3 is 0 Å². The summed E-state index contributed by atoms with van der Waals surface area (Å²) >= 11 is 0. The predicted octanol–water partition coefficient (Wildman–Crippen LogP) is 3.93. The summed E-state index contributed by atoms with van der Waals surface area (Å²) in [4.78, 5) is 16.7. The van der Waals surface area contributed by atoms with Crippen LogP contribution in [0.4, 0.5) is 0 Å². The number of rotatable bonds is 5. The molecule has 0 fully saturated rings. The van der Waals surface area contributed by atoms with Crippen molar-refractivity contribution in [1.29, 1.82) is 0 Å². The topological polar surface area (TPSA) is 68.0 Å². The molecule has 1 aromatic heterocycles. The summed E-state index contributed by atoms with van der Waals surface area (Å²) in [6.07, 6.45) is 0.884. The molecule has 3 rings (SSSR count). The van der Waals surface area contributed by atoms with E-state index >= 15 is 0 Å². The van der Waals surface area contributed by atoms with Gasteiger partial charge in [0.05, 0.1) is 0 Å². The van der Waals surface area contributed by atoms with Gasteiger partial charge < -0.3 is 9.84 Å². The molecule has 24 heavy (non-hydrogen) atoms. The Morgan fingerprint density at radius 2 is 1.88 bits per heavy atom. The Kier molecular flexibility index (Phi) is 4.70. The highest BCUT2D eigenvalue weighted by atomic mass is 16.5. The number of aromatic nitrogens is 2. The van der Waals surface area contributed by atoms with Crippen LogP contribution in [0.15, 0.2) is 59.1 Å². The number of hydrogen-bond donors (Lipinski definition) is 1. The van der Waals surface area contributed by atoms with E-state index in [2.05, 4.69) is 15.5 Å². The summed E-state index contributed by atoms with van der Waals surface area (Å²) in [7, 11) is 0. The van der Waals surface area contributed by atoms with Crippen LogP contribution in [0.3, 0.4) is 0 Å². The van der Waals surface area contributed by atoms with Gasteiger partial charge in [-0.25, -0.2) is 0 Å². The number of nitrogens with zero attached hydrogens (tertiary/aromatic N) is 2. The molecule has 3 aromatic rings. The summed E-state index contributed by atoms with van der Waals surface area (Å²) < 4.78 is 5.35. The Balaban J connectivity index is 1.84. The molecule has 0 bridgehead atoms. The number of amides is 1. The van der Waals surface area contributed by atoms with E-state index in [0.29, 0.717) is 17.3 Å². The van der Waals surface area contributed by atoms with Crippen LogP contribution >= 0.6 is 0 Å². The van der Waals surface area contributed by atoms with Gasteiger partial charge in [0.1, 0.15) is 0 Å². The van der Waals surface area contributed by atoms with Gasteiger partial charge in [-0.2, -0.15) is 4.98 Å². The number of benzene rings is 2. The second-order valence-corrected chi connectivity index (χ2v) is 5.65. The van der Waals surface area contributed by atoms with Crippen molar-refractivity contribution in [3.8, 4) is 22.8 Å². The van der Waals surface area contributed by atoms with Crippen molar-refractivity contribution < 1.29 is 9.32 Å². The summed E-state index contributed by atoms with van der Waals surface area (Å²) in [5.74, 6) is 0.820. The Bertz CT molecular complexity index is 827. The Morgan fingerprint density at radius 1 is 1.12 bits per heavy atom. The van der Waals surface area contributed by atoms with E-state index in [4.69, 9.17) is 4.52 Å². The second-order valence-electron chi connectivity index (χ2n) is 5.65. The van der Waals surface area contributed by atoms with Gasteiger partial charge in [-0.15, -0.1) is 0 Å². The zero-order valence-corrected chi connectivity index (χ0v) is 13.7. The van der Waals surface area contributed by atoms with Crippen molar-refractivity contribution in [2.45, 2.75) is 26.3 Å². The standard InChI is InChI=1S/C19H19N3O2/c1-3-13(2)20-18(23)15-10-7-11-16(12-15)19-21-17(22-24-19)14-8-5-4-6-9-14/h4-13H,3H2,1-2H3,(H,20,23)/t13-/m1/s1. The van der Waals surface area contributed by atoms with Crippen molar-refractivity contribution in [2.75, 3.05) is 0 Å². The maximum absolute atomic E-state index is 12.2. The van der Waals surface area contributed by atoms with E-state index in [1.807, 2.05) is 56.3 Å². The van der Waals surface area contributed by atoms with Gasteiger partial charge in [0.15, 0.2) is 0 Å². The lowest BCUT2D eigenvalue weighted by atomic mass is 10.1. The van der Waals surface area contributed by atoms with Crippen molar-refractivity contribution in [1.82, 2.24) is 15.5 Å². The summed E-state index contributed by atoms with van der Waals surface area (Å²) in [6.45, 7) is 4.01. The molecule has 1 amide bonds. The molecule has 0 aliphatic carbocycles. The first-order valence-corrected chi connectivity index (χ1v) is 7.98. The van der Waals surface area contributed by atoms with Gasteiger partial charge in [-0.3, -0.25) is 4.79 Å². The van der Waals surface area contributed by atoms with Gasteiger partial charge in [-0.1, -0.05) is 48.5 Å². The molecule has 5 nitrogen and oxygen atoms in total. The number of carbonyl (C=O) groups is 1. The zero-order valence-electron chi connectivity index (χ0n) is 13.7. The molecular formula is C19H19N3O2. The Hall–Kier alpha value is -2.95. The van der Waals surface area contributed by atoms with Crippen molar-refractivity contribution in [2.24, 2.45) is 0 Å². The van der Waals surface area contributed by atoms with Crippen LogP contribution < -0.4 is 5.32 Å². The zero-order chi connectivity index (χ0) is 16.9. The number of carbonyl (C=O) groups excluding carboxylic acids is 1. The van der Waals surface area contributed by atoms with E-state index in [0.717, 1.165) is 17.5 Å². The minimum absolute atomic E-state index is 0.103. The number of nitrogens with one attached hydrogen (secondary N) is 1. The third-order valence-electron chi connectivity index (χ3n) is 3.82. The van der Waals surface area contributed by atoms with Crippen LogP contribution in [0.1, 0.15) is 30.6 Å². The third-order valence-corrected chi connectivity index (χ3v) is 3.82. The maximum atomic E-state index is 12.2. The van der Waals surface area contributed by atoms with Crippen molar-refractivity contribution >= 4 is 5.91 Å². The minimum Gasteiger partial charge on any atom is -0.350 e. The monoisotopic (exact) mass is 321 g/mol. The molecule has 0 saturated carbocycles. The molecule has 0 aliphatic heterocycles. The van der Waals surface area contributed by atoms with Gasteiger partial charge in [0.2, 0.25) is 5.82 Å². The Morgan fingerprint density at radius 3 is 2.62 bits per heavy atom. The molecule has 122 valence electrons. The van der Waals surface area contributed by atoms with Gasteiger partial charge in [0.25, 0.3) is 11.8 Å². The minimum atomic E-state index is -0.103. The first-order chi connectivity index (χ1) is 11.7.